The van der Waals surface area contributed by atoms with E-state index in [4.69, 9.17) is 10.5 Å². The van der Waals surface area contributed by atoms with E-state index in [-0.39, 0.29) is 0 Å². The normalized spacial score (nSPS) is 14.6. The fraction of sp³-hybridized carbons (Fsp3) is 0.571. The maximum Gasteiger partial charge on any atom is 0.128 e. The Balaban J connectivity index is 2.78. The number of hydrogen-bond donors (Lipinski definition) is 2. The zero-order valence-corrected chi connectivity index (χ0v) is 11.2. The molecule has 0 aliphatic carbocycles. The van der Waals surface area contributed by atoms with Crippen LogP contribution < -0.4 is 10.5 Å². The molecule has 0 amide bonds. The van der Waals surface area contributed by atoms with Crippen LogP contribution in [0.3, 0.4) is 0 Å². The van der Waals surface area contributed by atoms with Crippen LogP contribution in [0.5, 0.6) is 5.75 Å². The van der Waals surface area contributed by atoms with Crippen molar-refractivity contribution in [2.75, 3.05) is 7.11 Å². The summed E-state index contributed by atoms with van der Waals surface area (Å²) in [6, 6.07) is 3.66. The molecule has 1 aromatic carbocycles. The van der Waals surface area contributed by atoms with E-state index in [0.29, 0.717) is 23.7 Å². The molecule has 1 aromatic rings. The molecule has 3 N–H and O–H groups in total. The van der Waals surface area contributed by atoms with Crippen molar-refractivity contribution >= 4 is 0 Å². The van der Waals surface area contributed by atoms with Crippen molar-refractivity contribution in [2.45, 2.75) is 38.8 Å². The van der Waals surface area contributed by atoms with Gasteiger partial charge in [0.2, 0.25) is 0 Å². The van der Waals surface area contributed by atoms with Crippen LogP contribution in [0.15, 0.2) is 18.2 Å². The first kappa shape index (κ1) is 14.9. The van der Waals surface area contributed by atoms with E-state index in [2.05, 4.69) is 13.8 Å². The number of halogens is 1. The lowest BCUT2D eigenvalue weighted by molar-refractivity contribution is 0.126. The van der Waals surface area contributed by atoms with Gasteiger partial charge in [-0.3, -0.25) is 0 Å². The molecule has 4 heteroatoms. The maximum atomic E-state index is 13.7. The summed E-state index contributed by atoms with van der Waals surface area (Å²) in [6.45, 7) is 4.15. The molecule has 0 aromatic heterocycles. The fourth-order valence-corrected chi connectivity index (χ4v) is 1.80. The number of aliphatic hydroxyl groups excluding tert-OH is 1. The van der Waals surface area contributed by atoms with Gasteiger partial charge in [-0.25, -0.2) is 4.39 Å². The highest BCUT2D eigenvalue weighted by Gasteiger charge is 2.20. The number of nitrogens with two attached hydrogens (primary N) is 1. The molecule has 0 bridgehead atoms. The first-order valence-corrected chi connectivity index (χ1v) is 6.22. The van der Waals surface area contributed by atoms with E-state index in [0.717, 1.165) is 6.42 Å². The smallest absolute Gasteiger partial charge is 0.128 e. The number of aliphatic hydroxyl groups is 1. The van der Waals surface area contributed by atoms with Crippen LogP contribution in [-0.2, 0) is 0 Å². The van der Waals surface area contributed by atoms with E-state index in [1.54, 1.807) is 6.07 Å². The van der Waals surface area contributed by atoms with Crippen LogP contribution in [0.25, 0.3) is 0 Å². The molecule has 0 saturated carbocycles. The van der Waals surface area contributed by atoms with Crippen molar-refractivity contribution < 1.29 is 14.2 Å². The van der Waals surface area contributed by atoms with Crippen molar-refractivity contribution in [3.8, 4) is 5.75 Å². The van der Waals surface area contributed by atoms with Gasteiger partial charge < -0.3 is 15.6 Å². The minimum Gasteiger partial charge on any atom is -0.497 e. The molecule has 1 rings (SSSR count). The van der Waals surface area contributed by atoms with Gasteiger partial charge in [0.1, 0.15) is 11.6 Å². The minimum atomic E-state index is -0.742. The lowest BCUT2D eigenvalue weighted by Crippen LogP contribution is -2.27. The lowest BCUT2D eigenvalue weighted by atomic mass is 9.95. The highest BCUT2D eigenvalue weighted by atomic mass is 19.1. The van der Waals surface area contributed by atoms with Crippen LogP contribution in [0.2, 0.25) is 0 Å². The first-order chi connectivity index (χ1) is 8.45. The molecular formula is C14H22FNO2. The molecule has 0 aliphatic rings. The van der Waals surface area contributed by atoms with Gasteiger partial charge in [-0.1, -0.05) is 13.8 Å². The van der Waals surface area contributed by atoms with E-state index in [1.807, 2.05) is 0 Å². The van der Waals surface area contributed by atoms with Gasteiger partial charge >= 0.3 is 0 Å². The predicted molar refractivity (Wildman–Crippen MR) is 70.0 cm³/mol. The Morgan fingerprint density at radius 1 is 1.33 bits per heavy atom. The van der Waals surface area contributed by atoms with Crippen LogP contribution in [0.1, 0.15) is 38.3 Å². The number of benzene rings is 1. The zero-order valence-electron chi connectivity index (χ0n) is 11.2. The SMILES string of the molecule is COc1ccc(F)c([C@H](N)[C@H](O)CCC(C)C)c1. The highest BCUT2D eigenvalue weighted by molar-refractivity contribution is 5.32. The van der Waals surface area contributed by atoms with Crippen LogP contribution >= 0.6 is 0 Å². The molecule has 3 nitrogen and oxygen atoms in total. The van der Waals surface area contributed by atoms with Gasteiger partial charge in [0.25, 0.3) is 0 Å². The topological polar surface area (TPSA) is 55.5 Å². The quantitative estimate of drug-likeness (QED) is 0.821. The molecular weight excluding hydrogens is 233 g/mol. The lowest BCUT2D eigenvalue weighted by Gasteiger charge is -2.21. The molecule has 102 valence electrons. The predicted octanol–water partition coefficient (Wildman–Crippen LogP) is 2.63. The summed E-state index contributed by atoms with van der Waals surface area (Å²) >= 11 is 0. The second kappa shape index (κ2) is 6.71. The summed E-state index contributed by atoms with van der Waals surface area (Å²) in [5.41, 5.74) is 6.20. The molecule has 0 aliphatic heterocycles. The zero-order chi connectivity index (χ0) is 13.7. The van der Waals surface area contributed by atoms with Gasteiger partial charge in [-0.15, -0.1) is 0 Å². The standard InChI is InChI=1S/C14H22FNO2/c1-9(2)4-7-13(17)14(16)11-8-10(18-3)5-6-12(11)15/h5-6,8-9,13-14,17H,4,7,16H2,1-3H3/t13-,14+/m1/s1. The van der Waals surface area contributed by atoms with Crippen molar-refractivity contribution in [3.05, 3.63) is 29.6 Å². The van der Waals surface area contributed by atoms with Gasteiger partial charge in [0, 0.05) is 5.56 Å². The van der Waals surface area contributed by atoms with Gasteiger partial charge in [0.15, 0.2) is 0 Å². The Hall–Kier alpha value is -1.13. The summed E-state index contributed by atoms with van der Waals surface area (Å²) in [4.78, 5) is 0. The number of rotatable bonds is 6. The molecule has 0 heterocycles. The largest absolute Gasteiger partial charge is 0.497 e. The summed E-state index contributed by atoms with van der Waals surface area (Å²) in [7, 11) is 1.51. The third kappa shape index (κ3) is 3.96. The molecule has 0 saturated heterocycles. The Morgan fingerprint density at radius 2 is 2.00 bits per heavy atom. The summed E-state index contributed by atoms with van der Waals surface area (Å²) in [5, 5.41) is 9.98. The number of ether oxygens (including phenoxy) is 1. The van der Waals surface area contributed by atoms with Gasteiger partial charge in [-0.2, -0.15) is 0 Å². The molecule has 2 atom stereocenters. The Morgan fingerprint density at radius 3 is 2.56 bits per heavy atom. The van der Waals surface area contributed by atoms with Crippen molar-refractivity contribution in [2.24, 2.45) is 11.7 Å². The van der Waals surface area contributed by atoms with Gasteiger partial charge in [0.05, 0.1) is 19.3 Å². The molecule has 0 spiro atoms. The minimum absolute atomic E-state index is 0.297. The third-order valence-electron chi connectivity index (χ3n) is 3.02. The summed E-state index contributed by atoms with van der Waals surface area (Å²) in [5.74, 6) is 0.617. The van der Waals surface area contributed by atoms with Crippen LogP contribution in [0, 0.1) is 11.7 Å². The van der Waals surface area contributed by atoms with E-state index < -0.39 is 18.0 Å². The molecule has 0 fully saturated rings. The second-order valence-electron chi connectivity index (χ2n) is 4.95. The fourth-order valence-electron chi connectivity index (χ4n) is 1.80. The Bertz CT molecular complexity index is 382. The van der Waals surface area contributed by atoms with Crippen molar-refractivity contribution in [1.82, 2.24) is 0 Å². The third-order valence-corrected chi connectivity index (χ3v) is 3.02. The first-order valence-electron chi connectivity index (χ1n) is 6.22. The molecule has 0 unspecified atom stereocenters. The Kier molecular flexibility index (Phi) is 5.56. The van der Waals surface area contributed by atoms with E-state index >= 15 is 0 Å². The monoisotopic (exact) mass is 255 g/mol. The van der Waals surface area contributed by atoms with E-state index in [9.17, 15) is 9.50 Å². The van der Waals surface area contributed by atoms with Gasteiger partial charge in [-0.05, 0) is 37.0 Å². The van der Waals surface area contributed by atoms with Crippen LogP contribution in [0.4, 0.5) is 4.39 Å². The summed E-state index contributed by atoms with van der Waals surface area (Å²) < 4.78 is 18.7. The maximum absolute atomic E-state index is 13.7. The second-order valence-corrected chi connectivity index (χ2v) is 4.95. The molecule has 18 heavy (non-hydrogen) atoms. The van der Waals surface area contributed by atoms with Crippen molar-refractivity contribution in [3.63, 3.8) is 0 Å². The number of methoxy groups -OCH3 is 1. The van der Waals surface area contributed by atoms with Crippen molar-refractivity contribution in [1.29, 1.82) is 0 Å². The van der Waals surface area contributed by atoms with E-state index in [1.165, 1.54) is 19.2 Å². The number of hydrogen-bond acceptors (Lipinski definition) is 3. The average Bonchev–Trinajstić information content (AvgIpc) is 2.35. The molecule has 0 radical (unpaired) electrons. The van der Waals surface area contributed by atoms with Crippen LogP contribution in [-0.4, -0.2) is 18.3 Å². The Labute approximate surface area is 108 Å². The average molecular weight is 255 g/mol. The summed E-state index contributed by atoms with van der Waals surface area (Å²) in [6.07, 6.45) is 0.685. The highest BCUT2D eigenvalue weighted by Crippen LogP contribution is 2.25.